The summed E-state index contributed by atoms with van der Waals surface area (Å²) in [6.07, 6.45) is 6.56. The van der Waals surface area contributed by atoms with Gasteiger partial charge in [-0.3, -0.25) is 4.99 Å². The normalized spacial score (nSPS) is 22.3. The van der Waals surface area contributed by atoms with Crippen molar-refractivity contribution in [1.82, 2.24) is 20.5 Å². The Labute approximate surface area is 171 Å². The van der Waals surface area contributed by atoms with Crippen molar-refractivity contribution in [2.45, 2.75) is 43.0 Å². The summed E-state index contributed by atoms with van der Waals surface area (Å²) in [7, 11) is 0. The molecule has 2 fully saturated rings. The summed E-state index contributed by atoms with van der Waals surface area (Å²) < 4.78 is 6.66. The molecule has 3 rings (SSSR count). The van der Waals surface area contributed by atoms with Gasteiger partial charge < -0.3 is 20.3 Å². The number of hydrogen-bond donors (Lipinski definition) is 2. The van der Waals surface area contributed by atoms with E-state index in [2.05, 4.69) is 27.4 Å². The minimum absolute atomic E-state index is 0.531. The van der Waals surface area contributed by atoms with Gasteiger partial charge in [0.05, 0.1) is 6.61 Å². The summed E-state index contributed by atoms with van der Waals surface area (Å²) in [5.74, 6) is 2.79. The zero-order valence-electron chi connectivity index (χ0n) is 16.4. The van der Waals surface area contributed by atoms with E-state index in [9.17, 15) is 0 Å². The fraction of sp³-hybridized carbons (Fsp3) is 0.789. The van der Waals surface area contributed by atoms with Crippen LogP contribution < -0.4 is 10.6 Å². The Kier molecular flexibility index (Phi) is 9.20. The number of hydrogen-bond acceptors (Lipinski definition) is 6. The molecule has 2 aliphatic heterocycles. The van der Waals surface area contributed by atoms with Crippen LogP contribution in [-0.4, -0.2) is 73.6 Å². The Morgan fingerprint density at radius 3 is 3.00 bits per heavy atom. The van der Waals surface area contributed by atoms with E-state index in [0.29, 0.717) is 6.04 Å². The average Bonchev–Trinajstić information content (AvgIpc) is 3.37. The van der Waals surface area contributed by atoms with Crippen LogP contribution in [0.25, 0.3) is 0 Å². The average molecular weight is 412 g/mol. The fourth-order valence-corrected chi connectivity index (χ4v) is 5.19. The van der Waals surface area contributed by atoms with Crippen LogP contribution in [0, 0.1) is 5.92 Å². The molecule has 8 heteroatoms. The van der Waals surface area contributed by atoms with E-state index in [1.807, 2.05) is 23.3 Å². The van der Waals surface area contributed by atoms with Gasteiger partial charge in [0.15, 0.2) is 5.96 Å². The molecule has 1 unspecified atom stereocenters. The maximum Gasteiger partial charge on any atom is 0.191 e. The Hall–Kier alpha value is -0.830. The Morgan fingerprint density at radius 1 is 1.41 bits per heavy atom. The molecule has 1 atom stereocenters. The number of likely N-dealkylation sites (tertiary alicyclic amines) is 1. The van der Waals surface area contributed by atoms with Gasteiger partial charge in [0, 0.05) is 62.7 Å². The molecule has 0 amide bonds. The van der Waals surface area contributed by atoms with Crippen LogP contribution in [0.2, 0.25) is 0 Å². The predicted octanol–water partition coefficient (Wildman–Crippen LogP) is 2.68. The monoisotopic (exact) mass is 411 g/mol. The number of guanidine groups is 1. The predicted molar refractivity (Wildman–Crippen MR) is 115 cm³/mol. The van der Waals surface area contributed by atoms with E-state index in [-0.39, 0.29) is 0 Å². The number of thioether (sulfide) groups is 1. The lowest BCUT2D eigenvalue weighted by molar-refractivity contribution is 0.150. The number of thiazole rings is 1. The molecule has 2 N–H and O–H groups in total. The van der Waals surface area contributed by atoms with E-state index in [0.717, 1.165) is 54.7 Å². The molecule has 0 saturated carbocycles. The van der Waals surface area contributed by atoms with Gasteiger partial charge in [0.1, 0.15) is 4.34 Å². The second-order valence-electron chi connectivity index (χ2n) is 7.21. The second kappa shape index (κ2) is 11.9. The third-order valence-electron chi connectivity index (χ3n) is 5.02. The first-order valence-electron chi connectivity index (χ1n) is 10.2. The molecule has 0 spiro atoms. The van der Waals surface area contributed by atoms with Gasteiger partial charge >= 0.3 is 0 Å². The first-order chi connectivity index (χ1) is 13.3. The summed E-state index contributed by atoms with van der Waals surface area (Å²) in [5.41, 5.74) is 0. The number of aromatic nitrogens is 1. The van der Waals surface area contributed by atoms with E-state index in [1.54, 1.807) is 11.3 Å². The van der Waals surface area contributed by atoms with Crippen molar-refractivity contribution >= 4 is 29.1 Å². The zero-order chi connectivity index (χ0) is 18.7. The summed E-state index contributed by atoms with van der Waals surface area (Å²) in [5, 5.41) is 9.07. The van der Waals surface area contributed by atoms with Crippen LogP contribution in [0.1, 0.15) is 32.6 Å². The maximum atomic E-state index is 5.51. The minimum Gasteiger partial charge on any atom is -0.381 e. The quantitative estimate of drug-likeness (QED) is 0.282. The smallest absolute Gasteiger partial charge is 0.191 e. The number of nitrogens with one attached hydrogen (secondary N) is 2. The highest BCUT2D eigenvalue weighted by atomic mass is 32.2. The van der Waals surface area contributed by atoms with Gasteiger partial charge in [0.2, 0.25) is 0 Å². The number of nitrogens with zero attached hydrogens (tertiary/aromatic N) is 3. The Balaban J connectivity index is 1.33. The standard InChI is InChI=1S/C19H33N5OS2/c1-2-20-18(21-7-3-12-26-19-22-8-13-27-19)23-17-4-9-24(10-5-17)14-16-6-11-25-15-16/h8,13,16-17H,2-7,9-12,14-15H2,1H3,(H2,20,21,23). The molecule has 0 radical (unpaired) electrons. The topological polar surface area (TPSA) is 61.8 Å². The fourth-order valence-electron chi connectivity index (χ4n) is 3.56. The molecule has 6 nitrogen and oxygen atoms in total. The maximum absolute atomic E-state index is 5.51. The van der Waals surface area contributed by atoms with Crippen molar-refractivity contribution in [3.63, 3.8) is 0 Å². The molecule has 152 valence electrons. The molecule has 1 aromatic heterocycles. The molecule has 1 aromatic rings. The van der Waals surface area contributed by atoms with Gasteiger partial charge in [-0.05, 0) is 38.5 Å². The van der Waals surface area contributed by atoms with Crippen molar-refractivity contribution in [2.24, 2.45) is 10.9 Å². The summed E-state index contributed by atoms with van der Waals surface area (Å²) >= 11 is 3.53. The number of rotatable bonds is 9. The van der Waals surface area contributed by atoms with Crippen molar-refractivity contribution in [2.75, 3.05) is 51.7 Å². The highest BCUT2D eigenvalue weighted by Gasteiger charge is 2.24. The summed E-state index contributed by atoms with van der Waals surface area (Å²) in [6, 6.07) is 0.531. The molecule has 2 saturated heterocycles. The van der Waals surface area contributed by atoms with Crippen molar-refractivity contribution < 1.29 is 4.74 Å². The Morgan fingerprint density at radius 2 is 2.30 bits per heavy atom. The minimum atomic E-state index is 0.531. The van der Waals surface area contributed by atoms with Gasteiger partial charge in [-0.25, -0.2) is 4.98 Å². The highest BCUT2D eigenvalue weighted by molar-refractivity contribution is 8.00. The molecule has 27 heavy (non-hydrogen) atoms. The lowest BCUT2D eigenvalue weighted by Crippen LogP contribution is -2.49. The van der Waals surface area contributed by atoms with Crippen LogP contribution in [0.4, 0.5) is 0 Å². The molecule has 0 aromatic carbocycles. The lowest BCUT2D eigenvalue weighted by Gasteiger charge is -2.34. The van der Waals surface area contributed by atoms with Crippen LogP contribution in [0.15, 0.2) is 20.9 Å². The largest absolute Gasteiger partial charge is 0.381 e. The van der Waals surface area contributed by atoms with Gasteiger partial charge in [-0.1, -0.05) is 11.8 Å². The highest BCUT2D eigenvalue weighted by Crippen LogP contribution is 2.20. The molecular weight excluding hydrogens is 378 g/mol. The van der Waals surface area contributed by atoms with Crippen LogP contribution in [-0.2, 0) is 4.74 Å². The second-order valence-corrected chi connectivity index (χ2v) is 9.45. The third-order valence-corrected chi connectivity index (χ3v) is 7.07. The van der Waals surface area contributed by atoms with E-state index in [4.69, 9.17) is 9.73 Å². The number of aliphatic imine (C=N–C) groups is 1. The van der Waals surface area contributed by atoms with Crippen molar-refractivity contribution in [3.05, 3.63) is 11.6 Å². The SMILES string of the molecule is CCNC(=NCCCSc1nccs1)NC1CCN(CC2CCOC2)CC1. The first-order valence-corrected chi connectivity index (χ1v) is 12.1. The summed E-state index contributed by atoms with van der Waals surface area (Å²) in [6.45, 7) is 9.35. The van der Waals surface area contributed by atoms with Crippen LogP contribution in [0.5, 0.6) is 0 Å². The molecule has 0 bridgehead atoms. The number of piperidine rings is 1. The zero-order valence-corrected chi connectivity index (χ0v) is 18.0. The van der Waals surface area contributed by atoms with Gasteiger partial charge in [-0.2, -0.15) is 0 Å². The van der Waals surface area contributed by atoms with E-state index < -0.39 is 0 Å². The van der Waals surface area contributed by atoms with Gasteiger partial charge in [-0.15, -0.1) is 11.3 Å². The van der Waals surface area contributed by atoms with Crippen molar-refractivity contribution in [3.8, 4) is 0 Å². The van der Waals surface area contributed by atoms with E-state index >= 15 is 0 Å². The van der Waals surface area contributed by atoms with E-state index in [1.165, 1.54) is 38.9 Å². The van der Waals surface area contributed by atoms with Crippen LogP contribution >= 0.6 is 23.1 Å². The molecule has 0 aliphatic carbocycles. The first kappa shape index (κ1) is 20.9. The molecule has 3 heterocycles. The lowest BCUT2D eigenvalue weighted by atomic mass is 10.0. The summed E-state index contributed by atoms with van der Waals surface area (Å²) in [4.78, 5) is 11.7. The molecular formula is C19H33N5OS2. The van der Waals surface area contributed by atoms with Crippen LogP contribution in [0.3, 0.4) is 0 Å². The van der Waals surface area contributed by atoms with Gasteiger partial charge in [0.25, 0.3) is 0 Å². The van der Waals surface area contributed by atoms with Crippen molar-refractivity contribution in [1.29, 1.82) is 0 Å². The third kappa shape index (κ3) is 7.60. The molecule has 2 aliphatic rings. The Bertz CT molecular complexity index is 540. The number of ether oxygens (including phenoxy) is 1.